The van der Waals surface area contributed by atoms with Crippen molar-refractivity contribution in [3.05, 3.63) is 112 Å². The molecule has 6 heteroatoms. The molecule has 1 aliphatic heterocycles. The minimum Gasteiger partial charge on any atom is -0.376 e. The zero-order valence-electron chi connectivity index (χ0n) is 19.2. The third kappa shape index (κ3) is 5.19. The molecule has 0 atom stereocenters. The lowest BCUT2D eigenvalue weighted by Crippen LogP contribution is -2.45. The zero-order valence-corrected chi connectivity index (χ0v) is 19.2. The van der Waals surface area contributed by atoms with Gasteiger partial charge in [-0.15, -0.1) is 0 Å². The number of likely N-dealkylation sites (tertiary alicyclic amines) is 1. The Kier molecular flexibility index (Phi) is 6.70. The molecule has 2 heterocycles. The highest BCUT2D eigenvalue weighted by Crippen LogP contribution is 2.36. The Morgan fingerprint density at radius 3 is 2.29 bits per heavy atom. The van der Waals surface area contributed by atoms with Gasteiger partial charge in [0.2, 0.25) is 0 Å². The van der Waals surface area contributed by atoms with Gasteiger partial charge in [0, 0.05) is 5.41 Å². The van der Waals surface area contributed by atoms with E-state index in [4.69, 9.17) is 4.74 Å². The first-order valence-corrected chi connectivity index (χ1v) is 11.8. The topological polar surface area (TPSA) is 74.0 Å². The zero-order chi connectivity index (χ0) is 23.2. The van der Waals surface area contributed by atoms with Gasteiger partial charge in [-0.3, -0.25) is 9.88 Å². The lowest BCUT2D eigenvalue weighted by atomic mass is 9.73. The fourth-order valence-electron chi connectivity index (χ4n) is 4.87. The summed E-state index contributed by atoms with van der Waals surface area (Å²) in [6.07, 6.45) is 1.99. The normalized spacial score (nSPS) is 15.9. The smallest absolute Gasteiger partial charge is 0.340 e. The van der Waals surface area contributed by atoms with Crippen molar-refractivity contribution in [1.29, 1.82) is 0 Å². The van der Waals surface area contributed by atoms with Gasteiger partial charge in [0.15, 0.2) is 0 Å². The number of piperidine rings is 1. The molecule has 0 bridgehead atoms. The van der Waals surface area contributed by atoms with Gasteiger partial charge in [-0.1, -0.05) is 78.9 Å². The molecule has 1 fully saturated rings. The van der Waals surface area contributed by atoms with Crippen LogP contribution in [0, 0.1) is 0 Å². The first-order valence-electron chi connectivity index (χ1n) is 11.8. The second kappa shape index (κ2) is 10.2. The van der Waals surface area contributed by atoms with E-state index in [0.29, 0.717) is 25.6 Å². The van der Waals surface area contributed by atoms with E-state index in [1.165, 1.54) is 22.3 Å². The summed E-state index contributed by atoms with van der Waals surface area (Å²) in [4.78, 5) is 16.4. The third-order valence-electron chi connectivity index (χ3n) is 6.80. The van der Waals surface area contributed by atoms with Gasteiger partial charge < -0.3 is 4.74 Å². The van der Waals surface area contributed by atoms with E-state index in [1.807, 2.05) is 6.07 Å². The number of aromatic nitrogens is 3. The van der Waals surface area contributed by atoms with Gasteiger partial charge in [-0.2, -0.15) is 5.10 Å². The molecule has 174 valence electrons. The monoisotopic (exact) mass is 454 g/mol. The quantitative estimate of drug-likeness (QED) is 0.411. The molecule has 1 aliphatic rings. The van der Waals surface area contributed by atoms with Gasteiger partial charge in [-0.25, -0.2) is 9.89 Å². The summed E-state index contributed by atoms with van der Waals surface area (Å²) < 4.78 is 6.38. The number of benzene rings is 3. The number of nitrogens with one attached hydrogen (secondary N) is 2. The molecule has 0 spiro atoms. The number of nitrogens with zero attached hydrogens (tertiary/aromatic N) is 2. The minimum atomic E-state index is -0.254. The van der Waals surface area contributed by atoms with E-state index in [1.54, 1.807) is 0 Å². The molecule has 34 heavy (non-hydrogen) atoms. The number of rotatable bonds is 8. The first-order chi connectivity index (χ1) is 16.7. The van der Waals surface area contributed by atoms with Crippen molar-refractivity contribution in [2.24, 2.45) is 0 Å². The summed E-state index contributed by atoms with van der Waals surface area (Å²) in [5.74, 6) is 0.687. The van der Waals surface area contributed by atoms with Crippen molar-refractivity contribution in [2.75, 3.05) is 19.7 Å². The summed E-state index contributed by atoms with van der Waals surface area (Å²) in [5, 5.41) is 6.51. The van der Waals surface area contributed by atoms with Crippen LogP contribution in [0.1, 0.15) is 29.8 Å². The summed E-state index contributed by atoms with van der Waals surface area (Å²) >= 11 is 0. The molecule has 5 rings (SSSR count). The molecular weight excluding hydrogens is 424 g/mol. The SMILES string of the molecule is O=c1[nH]nc(CN2CCC(COCc3cccc(-c4ccccc4)c3)(c3ccccc3)CC2)[nH]1. The van der Waals surface area contributed by atoms with E-state index in [9.17, 15) is 4.79 Å². The average molecular weight is 455 g/mol. The first kappa shape index (κ1) is 22.3. The van der Waals surface area contributed by atoms with E-state index < -0.39 is 0 Å². The molecule has 1 saturated heterocycles. The highest BCUT2D eigenvalue weighted by Gasteiger charge is 2.36. The van der Waals surface area contributed by atoms with Gasteiger partial charge >= 0.3 is 5.69 Å². The predicted octanol–water partition coefficient (Wildman–Crippen LogP) is 4.52. The third-order valence-corrected chi connectivity index (χ3v) is 6.80. The molecule has 2 N–H and O–H groups in total. The van der Waals surface area contributed by atoms with E-state index >= 15 is 0 Å². The van der Waals surface area contributed by atoms with Crippen LogP contribution >= 0.6 is 0 Å². The Labute approximate surface area is 199 Å². The molecule has 6 nitrogen and oxygen atoms in total. The van der Waals surface area contributed by atoms with Crippen LogP contribution in [0.4, 0.5) is 0 Å². The van der Waals surface area contributed by atoms with Gasteiger partial charge in [0.05, 0.1) is 19.8 Å². The van der Waals surface area contributed by atoms with Gasteiger partial charge in [-0.05, 0) is 54.3 Å². The number of hydrogen-bond donors (Lipinski definition) is 2. The standard InChI is InChI=1S/C28H30N4O2/c33-27-29-26(30-31-27)19-32-16-14-28(15-17-32,25-12-5-2-6-13-25)21-34-20-22-8-7-11-24(18-22)23-9-3-1-4-10-23/h1-13,18H,14-17,19-21H2,(H2,29,30,31,33). The van der Waals surface area contributed by atoms with E-state index in [0.717, 1.165) is 25.9 Å². The van der Waals surface area contributed by atoms with Crippen LogP contribution in [-0.2, 0) is 23.3 Å². The Bertz CT molecular complexity index is 1240. The van der Waals surface area contributed by atoms with Gasteiger partial charge in [0.25, 0.3) is 0 Å². The van der Waals surface area contributed by atoms with Crippen LogP contribution in [0.5, 0.6) is 0 Å². The van der Waals surface area contributed by atoms with Crippen molar-refractivity contribution >= 4 is 0 Å². The lowest BCUT2D eigenvalue weighted by molar-refractivity contribution is 0.0342. The summed E-state index contributed by atoms with van der Waals surface area (Å²) in [6.45, 7) is 3.77. The lowest BCUT2D eigenvalue weighted by Gasteiger charge is -2.42. The van der Waals surface area contributed by atoms with Gasteiger partial charge in [0.1, 0.15) is 5.82 Å². The van der Waals surface area contributed by atoms with Crippen molar-refractivity contribution < 1.29 is 4.74 Å². The van der Waals surface area contributed by atoms with Crippen LogP contribution in [-0.4, -0.2) is 39.8 Å². The van der Waals surface area contributed by atoms with Crippen molar-refractivity contribution in [3.63, 3.8) is 0 Å². The molecule has 0 aliphatic carbocycles. The predicted molar refractivity (Wildman–Crippen MR) is 133 cm³/mol. The van der Waals surface area contributed by atoms with Crippen LogP contribution in [0.15, 0.2) is 89.7 Å². The molecule has 0 amide bonds. The maximum atomic E-state index is 11.3. The molecular formula is C28H30N4O2. The summed E-state index contributed by atoms with van der Waals surface area (Å²) in [6, 6.07) is 29.8. The molecule has 1 aromatic heterocycles. The average Bonchev–Trinajstić information content (AvgIpc) is 3.31. The Hall–Kier alpha value is -3.48. The van der Waals surface area contributed by atoms with Crippen LogP contribution in [0.25, 0.3) is 11.1 Å². The van der Waals surface area contributed by atoms with E-state index in [2.05, 4.69) is 98.9 Å². The Morgan fingerprint density at radius 1 is 0.882 bits per heavy atom. The Morgan fingerprint density at radius 2 is 1.59 bits per heavy atom. The molecule has 0 unspecified atom stereocenters. The minimum absolute atomic E-state index is 0.0201. The number of aromatic amines is 2. The maximum Gasteiger partial charge on any atom is 0.340 e. The fraction of sp³-hybridized carbons (Fsp3) is 0.286. The van der Waals surface area contributed by atoms with Crippen molar-refractivity contribution in [1.82, 2.24) is 20.1 Å². The van der Waals surface area contributed by atoms with Crippen molar-refractivity contribution in [3.8, 4) is 11.1 Å². The highest BCUT2D eigenvalue weighted by molar-refractivity contribution is 5.63. The summed E-state index contributed by atoms with van der Waals surface area (Å²) in [5.41, 5.74) is 4.67. The van der Waals surface area contributed by atoms with Crippen LogP contribution in [0.3, 0.4) is 0 Å². The highest BCUT2D eigenvalue weighted by atomic mass is 16.5. The Balaban J connectivity index is 1.25. The van der Waals surface area contributed by atoms with E-state index in [-0.39, 0.29) is 11.1 Å². The molecule has 4 aromatic rings. The number of ether oxygens (including phenoxy) is 1. The molecule has 0 radical (unpaired) electrons. The van der Waals surface area contributed by atoms with Crippen LogP contribution < -0.4 is 5.69 Å². The molecule has 0 saturated carbocycles. The number of hydrogen-bond acceptors (Lipinski definition) is 4. The second-order valence-electron chi connectivity index (χ2n) is 9.11. The molecule has 3 aromatic carbocycles. The largest absolute Gasteiger partial charge is 0.376 e. The van der Waals surface area contributed by atoms with Crippen LogP contribution in [0.2, 0.25) is 0 Å². The van der Waals surface area contributed by atoms with Crippen molar-refractivity contribution in [2.45, 2.75) is 31.4 Å². The summed E-state index contributed by atoms with van der Waals surface area (Å²) in [7, 11) is 0. The maximum absolute atomic E-state index is 11.3. The fourth-order valence-corrected chi connectivity index (χ4v) is 4.87. The number of H-pyrrole nitrogens is 2. The second-order valence-corrected chi connectivity index (χ2v) is 9.11.